The van der Waals surface area contributed by atoms with Crippen LogP contribution < -0.4 is 5.32 Å². The monoisotopic (exact) mass is 333 g/mol. The predicted octanol–water partition coefficient (Wildman–Crippen LogP) is 4.29. The lowest BCUT2D eigenvalue weighted by molar-refractivity contribution is -0.137. The second-order valence-electron chi connectivity index (χ2n) is 5.64. The van der Waals surface area contributed by atoms with Gasteiger partial charge < -0.3 is 10.2 Å². The summed E-state index contributed by atoms with van der Waals surface area (Å²) in [6.07, 6.45) is -4.55. The highest BCUT2D eigenvalue weighted by Crippen LogP contribution is 2.33. The maximum Gasteiger partial charge on any atom is 0.417 e. The molecule has 2 aromatic carbocycles. The summed E-state index contributed by atoms with van der Waals surface area (Å²) >= 11 is 0. The maximum atomic E-state index is 13.0. The number of anilines is 1. The minimum Gasteiger partial charge on any atom is -0.383 e. The molecule has 0 amide bonds. The third kappa shape index (κ3) is 4.27. The molecule has 0 aliphatic rings. The highest BCUT2D eigenvalue weighted by atomic mass is 19.4. The zero-order valence-corrected chi connectivity index (χ0v) is 13.4. The van der Waals surface area contributed by atoms with Crippen molar-refractivity contribution in [2.75, 3.05) is 26.0 Å². The molecule has 24 heavy (non-hydrogen) atoms. The Morgan fingerprint density at radius 2 is 1.79 bits per heavy atom. The number of alkyl halides is 3. The van der Waals surface area contributed by atoms with E-state index in [1.807, 2.05) is 49.3 Å². The van der Waals surface area contributed by atoms with E-state index in [0.717, 1.165) is 11.6 Å². The number of nitriles is 1. The molecule has 0 aromatic heterocycles. The van der Waals surface area contributed by atoms with Crippen LogP contribution in [0.3, 0.4) is 0 Å². The lowest BCUT2D eigenvalue weighted by Gasteiger charge is -2.25. The molecule has 6 heteroatoms. The van der Waals surface area contributed by atoms with Crippen LogP contribution in [0.1, 0.15) is 22.7 Å². The molecule has 0 radical (unpaired) electrons. The number of hydrogen-bond acceptors (Lipinski definition) is 3. The first kappa shape index (κ1) is 17.8. The number of benzene rings is 2. The predicted molar refractivity (Wildman–Crippen MR) is 87.5 cm³/mol. The number of nitrogens with one attached hydrogen (secondary N) is 1. The van der Waals surface area contributed by atoms with Gasteiger partial charge in [0.05, 0.1) is 23.2 Å². The molecule has 0 fully saturated rings. The van der Waals surface area contributed by atoms with E-state index in [9.17, 15) is 13.2 Å². The van der Waals surface area contributed by atoms with Crippen LogP contribution in [0.4, 0.5) is 18.9 Å². The van der Waals surface area contributed by atoms with Crippen LogP contribution in [0.15, 0.2) is 48.5 Å². The van der Waals surface area contributed by atoms with Gasteiger partial charge in [-0.1, -0.05) is 30.3 Å². The Morgan fingerprint density at radius 1 is 1.12 bits per heavy atom. The van der Waals surface area contributed by atoms with Crippen LogP contribution in [-0.4, -0.2) is 25.5 Å². The summed E-state index contributed by atoms with van der Waals surface area (Å²) in [4.78, 5) is 2.00. The van der Waals surface area contributed by atoms with E-state index in [4.69, 9.17) is 5.26 Å². The van der Waals surface area contributed by atoms with Crippen molar-refractivity contribution >= 4 is 5.69 Å². The van der Waals surface area contributed by atoms with Crippen molar-refractivity contribution in [3.05, 3.63) is 65.2 Å². The normalized spacial score (nSPS) is 12.7. The fraction of sp³-hybridized carbons (Fsp3) is 0.278. The Labute approximate surface area is 139 Å². The maximum absolute atomic E-state index is 13.0. The molecule has 1 atom stereocenters. The van der Waals surface area contributed by atoms with Gasteiger partial charge in [0, 0.05) is 12.2 Å². The molecule has 1 N–H and O–H groups in total. The number of halogens is 3. The molecule has 0 aliphatic carbocycles. The molecule has 0 saturated carbocycles. The van der Waals surface area contributed by atoms with Crippen molar-refractivity contribution < 1.29 is 13.2 Å². The van der Waals surface area contributed by atoms with Gasteiger partial charge in [-0.25, -0.2) is 0 Å². The fourth-order valence-electron chi connectivity index (χ4n) is 2.47. The summed E-state index contributed by atoms with van der Waals surface area (Å²) in [5.74, 6) is 0. The summed E-state index contributed by atoms with van der Waals surface area (Å²) in [5, 5.41) is 11.9. The average molecular weight is 333 g/mol. The molecule has 0 aliphatic heterocycles. The zero-order chi connectivity index (χ0) is 17.7. The summed E-state index contributed by atoms with van der Waals surface area (Å²) in [7, 11) is 3.83. The molecule has 1 unspecified atom stereocenters. The van der Waals surface area contributed by atoms with Gasteiger partial charge in [0.2, 0.25) is 0 Å². The molecule has 3 nitrogen and oxygen atoms in total. The van der Waals surface area contributed by atoms with Crippen LogP contribution in [0.25, 0.3) is 0 Å². The molecule has 0 bridgehead atoms. The van der Waals surface area contributed by atoms with Crippen molar-refractivity contribution in [1.29, 1.82) is 5.26 Å². The highest BCUT2D eigenvalue weighted by molar-refractivity contribution is 5.53. The van der Waals surface area contributed by atoms with Crippen LogP contribution in [-0.2, 0) is 6.18 Å². The van der Waals surface area contributed by atoms with E-state index in [0.29, 0.717) is 12.2 Å². The van der Waals surface area contributed by atoms with E-state index in [2.05, 4.69) is 5.32 Å². The van der Waals surface area contributed by atoms with E-state index in [1.54, 1.807) is 6.07 Å². The highest BCUT2D eigenvalue weighted by Gasteiger charge is 2.33. The molecule has 126 valence electrons. The molecule has 2 aromatic rings. The van der Waals surface area contributed by atoms with Crippen LogP contribution in [0.2, 0.25) is 0 Å². The lowest BCUT2D eigenvalue weighted by Crippen LogP contribution is -2.26. The largest absolute Gasteiger partial charge is 0.417 e. The SMILES string of the molecule is CN(C)C(CNc1ccc(C#N)c(C(F)(F)F)c1)c1ccccc1. The Morgan fingerprint density at radius 3 is 2.33 bits per heavy atom. The topological polar surface area (TPSA) is 39.1 Å². The Bertz CT molecular complexity index is 719. The third-order valence-corrected chi connectivity index (χ3v) is 3.75. The summed E-state index contributed by atoms with van der Waals surface area (Å²) in [5.41, 5.74) is 0.111. The fourth-order valence-corrected chi connectivity index (χ4v) is 2.47. The number of rotatable bonds is 5. The van der Waals surface area contributed by atoms with Crippen LogP contribution in [0, 0.1) is 11.3 Å². The molecular weight excluding hydrogens is 315 g/mol. The number of hydrogen-bond donors (Lipinski definition) is 1. The molecule has 0 spiro atoms. The van der Waals surface area contributed by atoms with E-state index < -0.39 is 11.7 Å². The third-order valence-electron chi connectivity index (χ3n) is 3.75. The van der Waals surface area contributed by atoms with Gasteiger partial charge in [-0.2, -0.15) is 18.4 Å². The Balaban J connectivity index is 2.20. The van der Waals surface area contributed by atoms with Crippen molar-refractivity contribution in [1.82, 2.24) is 4.90 Å². The summed E-state index contributed by atoms with van der Waals surface area (Å²) in [6.45, 7) is 0.445. The van der Waals surface area contributed by atoms with Gasteiger partial charge in [-0.15, -0.1) is 0 Å². The molecular formula is C18H18F3N3. The number of nitrogens with zero attached hydrogens (tertiary/aromatic N) is 2. The minimum absolute atomic E-state index is 0.0104. The standard InChI is InChI=1S/C18H18F3N3/c1-24(2)17(13-6-4-3-5-7-13)12-23-15-9-8-14(11-22)16(10-15)18(19,20)21/h3-10,17,23H,12H2,1-2H3. The Kier molecular flexibility index (Phi) is 5.47. The summed E-state index contributed by atoms with van der Waals surface area (Å²) in [6, 6.07) is 15.0. The first-order valence-corrected chi connectivity index (χ1v) is 7.39. The first-order valence-electron chi connectivity index (χ1n) is 7.39. The van der Waals surface area contributed by atoms with Gasteiger partial charge in [0.1, 0.15) is 0 Å². The van der Waals surface area contributed by atoms with E-state index in [1.165, 1.54) is 12.1 Å². The van der Waals surface area contributed by atoms with Crippen molar-refractivity contribution in [2.45, 2.75) is 12.2 Å². The Hall–Kier alpha value is -2.52. The van der Waals surface area contributed by atoms with Gasteiger partial charge >= 0.3 is 6.18 Å². The molecule has 0 heterocycles. The van der Waals surface area contributed by atoms with Crippen molar-refractivity contribution in [3.8, 4) is 6.07 Å². The van der Waals surface area contributed by atoms with Gasteiger partial charge in [-0.3, -0.25) is 0 Å². The van der Waals surface area contributed by atoms with E-state index >= 15 is 0 Å². The second-order valence-corrected chi connectivity index (χ2v) is 5.64. The quantitative estimate of drug-likeness (QED) is 0.887. The van der Waals surface area contributed by atoms with Crippen molar-refractivity contribution in [2.24, 2.45) is 0 Å². The van der Waals surface area contributed by atoms with Crippen molar-refractivity contribution in [3.63, 3.8) is 0 Å². The second kappa shape index (κ2) is 7.37. The van der Waals surface area contributed by atoms with Gasteiger partial charge in [0.25, 0.3) is 0 Å². The first-order chi connectivity index (χ1) is 11.3. The van der Waals surface area contributed by atoms with Gasteiger partial charge in [-0.05, 0) is 37.9 Å². The lowest BCUT2D eigenvalue weighted by atomic mass is 10.0. The summed E-state index contributed by atoms with van der Waals surface area (Å²) < 4.78 is 39.1. The van der Waals surface area contributed by atoms with Gasteiger partial charge in [0.15, 0.2) is 0 Å². The number of likely N-dealkylation sites (N-methyl/N-ethyl adjacent to an activating group) is 1. The average Bonchev–Trinajstić information content (AvgIpc) is 2.54. The minimum atomic E-state index is -4.55. The zero-order valence-electron chi connectivity index (χ0n) is 13.4. The van der Waals surface area contributed by atoms with Crippen LogP contribution in [0.5, 0.6) is 0 Å². The molecule has 2 rings (SSSR count). The van der Waals surface area contributed by atoms with E-state index in [-0.39, 0.29) is 11.6 Å². The van der Waals surface area contributed by atoms with Crippen LogP contribution >= 0.6 is 0 Å². The molecule has 0 saturated heterocycles. The smallest absolute Gasteiger partial charge is 0.383 e.